The first-order valence-electron chi connectivity index (χ1n) is 7.25. The second kappa shape index (κ2) is 6.73. The van der Waals surface area contributed by atoms with Gasteiger partial charge < -0.3 is 10.2 Å². The first kappa shape index (κ1) is 15.7. The minimum atomic E-state index is 0.335. The Bertz CT molecular complexity index is 413. The van der Waals surface area contributed by atoms with Gasteiger partial charge in [-0.05, 0) is 27.2 Å². The van der Waals surface area contributed by atoms with Crippen LogP contribution in [-0.4, -0.2) is 29.6 Å². The first-order chi connectivity index (χ1) is 8.92. The van der Waals surface area contributed by atoms with Gasteiger partial charge in [0.15, 0.2) is 0 Å². The molecular weight excluding hydrogens is 236 g/mol. The van der Waals surface area contributed by atoms with Crippen LogP contribution in [0, 0.1) is 6.92 Å². The van der Waals surface area contributed by atoms with Crippen LogP contribution < -0.4 is 10.2 Å². The molecule has 1 aromatic heterocycles. The standard InChI is InChI=1S/C15H28N4/c1-8-9-19(11(4)5)15-12(6)14(16-7)17-13(18-15)10(2)3/h10-11H,8-9H2,1-7H3,(H,16,17,18). The maximum absolute atomic E-state index is 4.80. The van der Waals surface area contributed by atoms with Crippen molar-refractivity contribution >= 4 is 11.6 Å². The summed E-state index contributed by atoms with van der Waals surface area (Å²) in [6.45, 7) is 14.0. The summed E-state index contributed by atoms with van der Waals surface area (Å²) in [4.78, 5) is 11.8. The lowest BCUT2D eigenvalue weighted by molar-refractivity contribution is 0.651. The molecule has 0 aliphatic carbocycles. The summed E-state index contributed by atoms with van der Waals surface area (Å²) >= 11 is 0. The second-order valence-corrected chi connectivity index (χ2v) is 5.57. The lowest BCUT2D eigenvalue weighted by Crippen LogP contribution is -2.33. The highest BCUT2D eigenvalue weighted by Crippen LogP contribution is 2.27. The second-order valence-electron chi connectivity index (χ2n) is 5.57. The van der Waals surface area contributed by atoms with Crippen molar-refractivity contribution in [1.29, 1.82) is 0 Å². The molecule has 4 heteroatoms. The van der Waals surface area contributed by atoms with E-state index in [0.29, 0.717) is 12.0 Å². The van der Waals surface area contributed by atoms with E-state index in [1.165, 1.54) is 0 Å². The largest absolute Gasteiger partial charge is 0.373 e. The Labute approximate surface area is 117 Å². The quantitative estimate of drug-likeness (QED) is 0.852. The summed E-state index contributed by atoms with van der Waals surface area (Å²) in [6.07, 6.45) is 1.12. The Morgan fingerprint density at radius 1 is 1.16 bits per heavy atom. The van der Waals surface area contributed by atoms with Crippen LogP contribution in [0.2, 0.25) is 0 Å². The molecular formula is C15H28N4. The van der Waals surface area contributed by atoms with Crippen LogP contribution in [0.5, 0.6) is 0 Å². The van der Waals surface area contributed by atoms with Crippen LogP contribution in [0.15, 0.2) is 0 Å². The molecule has 0 radical (unpaired) electrons. The smallest absolute Gasteiger partial charge is 0.137 e. The Balaban J connectivity index is 3.33. The Hall–Kier alpha value is -1.32. The molecule has 1 aromatic rings. The van der Waals surface area contributed by atoms with Gasteiger partial charge >= 0.3 is 0 Å². The van der Waals surface area contributed by atoms with Gasteiger partial charge in [0.1, 0.15) is 17.5 Å². The highest BCUT2D eigenvalue weighted by atomic mass is 15.2. The van der Waals surface area contributed by atoms with Crippen molar-refractivity contribution in [2.24, 2.45) is 0 Å². The number of hydrogen-bond donors (Lipinski definition) is 1. The Morgan fingerprint density at radius 2 is 1.79 bits per heavy atom. The van der Waals surface area contributed by atoms with E-state index in [9.17, 15) is 0 Å². The molecule has 1 heterocycles. The van der Waals surface area contributed by atoms with Gasteiger partial charge in [-0.15, -0.1) is 0 Å². The predicted octanol–water partition coefficient (Wildman–Crippen LogP) is 3.57. The van der Waals surface area contributed by atoms with Crippen molar-refractivity contribution in [3.8, 4) is 0 Å². The van der Waals surface area contributed by atoms with Crippen LogP contribution in [0.1, 0.15) is 58.3 Å². The molecule has 0 unspecified atom stereocenters. The summed E-state index contributed by atoms with van der Waals surface area (Å²) < 4.78 is 0. The summed E-state index contributed by atoms with van der Waals surface area (Å²) in [5, 5.41) is 3.19. The van der Waals surface area contributed by atoms with E-state index in [2.05, 4.69) is 56.7 Å². The van der Waals surface area contributed by atoms with Crippen LogP contribution in [-0.2, 0) is 0 Å². The number of nitrogens with zero attached hydrogens (tertiary/aromatic N) is 3. The van der Waals surface area contributed by atoms with E-state index in [4.69, 9.17) is 4.98 Å². The van der Waals surface area contributed by atoms with Gasteiger partial charge in [0.05, 0.1) is 0 Å². The average Bonchev–Trinajstić information content (AvgIpc) is 2.36. The molecule has 0 amide bonds. The summed E-state index contributed by atoms with van der Waals surface area (Å²) in [6, 6.07) is 0.443. The fourth-order valence-electron chi connectivity index (χ4n) is 2.15. The minimum absolute atomic E-state index is 0.335. The van der Waals surface area contributed by atoms with Gasteiger partial charge in [-0.2, -0.15) is 0 Å². The van der Waals surface area contributed by atoms with Crippen molar-refractivity contribution in [3.63, 3.8) is 0 Å². The fraction of sp³-hybridized carbons (Fsp3) is 0.733. The fourth-order valence-corrected chi connectivity index (χ4v) is 2.15. The van der Waals surface area contributed by atoms with E-state index in [1.807, 2.05) is 7.05 Å². The Morgan fingerprint density at radius 3 is 2.21 bits per heavy atom. The van der Waals surface area contributed by atoms with E-state index >= 15 is 0 Å². The molecule has 0 aromatic carbocycles. The van der Waals surface area contributed by atoms with Gasteiger partial charge in [0.2, 0.25) is 0 Å². The molecule has 4 nitrogen and oxygen atoms in total. The van der Waals surface area contributed by atoms with E-state index in [-0.39, 0.29) is 0 Å². The van der Waals surface area contributed by atoms with Crippen molar-refractivity contribution in [2.45, 2.75) is 59.9 Å². The molecule has 0 spiro atoms. The summed E-state index contributed by atoms with van der Waals surface area (Å²) in [7, 11) is 1.92. The number of hydrogen-bond acceptors (Lipinski definition) is 4. The van der Waals surface area contributed by atoms with Gasteiger partial charge in [-0.1, -0.05) is 20.8 Å². The zero-order valence-corrected chi connectivity index (χ0v) is 13.4. The first-order valence-corrected chi connectivity index (χ1v) is 7.25. The molecule has 0 bridgehead atoms. The van der Waals surface area contributed by atoms with E-state index < -0.39 is 0 Å². The summed E-state index contributed by atoms with van der Waals surface area (Å²) in [5.74, 6) is 3.25. The summed E-state index contributed by atoms with van der Waals surface area (Å²) in [5.41, 5.74) is 1.13. The third-order valence-electron chi connectivity index (χ3n) is 3.25. The highest BCUT2D eigenvalue weighted by molar-refractivity contribution is 5.59. The molecule has 0 saturated carbocycles. The molecule has 0 atom stereocenters. The number of aromatic nitrogens is 2. The lowest BCUT2D eigenvalue weighted by Gasteiger charge is -2.30. The van der Waals surface area contributed by atoms with Crippen molar-refractivity contribution in [1.82, 2.24) is 9.97 Å². The molecule has 1 N–H and O–H groups in total. The molecule has 1 rings (SSSR count). The SMILES string of the molecule is CCCN(c1nc(C(C)C)nc(NC)c1C)C(C)C. The van der Waals surface area contributed by atoms with Crippen LogP contribution >= 0.6 is 0 Å². The molecule has 19 heavy (non-hydrogen) atoms. The minimum Gasteiger partial charge on any atom is -0.373 e. The predicted molar refractivity (Wildman–Crippen MR) is 83.2 cm³/mol. The van der Waals surface area contributed by atoms with Crippen LogP contribution in [0.4, 0.5) is 11.6 Å². The molecule has 0 saturated heterocycles. The molecule has 0 aliphatic heterocycles. The maximum atomic E-state index is 4.80. The van der Waals surface area contributed by atoms with Gasteiger partial charge in [-0.3, -0.25) is 0 Å². The number of rotatable bonds is 6. The third kappa shape index (κ3) is 3.58. The third-order valence-corrected chi connectivity index (χ3v) is 3.25. The monoisotopic (exact) mass is 264 g/mol. The van der Waals surface area contributed by atoms with Crippen molar-refractivity contribution in [2.75, 3.05) is 23.8 Å². The molecule has 108 valence electrons. The Kier molecular flexibility index (Phi) is 5.58. The van der Waals surface area contributed by atoms with Crippen LogP contribution in [0.3, 0.4) is 0 Å². The number of nitrogens with one attached hydrogen (secondary N) is 1. The van der Waals surface area contributed by atoms with E-state index in [1.54, 1.807) is 0 Å². The molecule has 0 aliphatic rings. The average molecular weight is 264 g/mol. The number of anilines is 2. The molecule has 0 fully saturated rings. The normalized spacial score (nSPS) is 11.2. The highest BCUT2D eigenvalue weighted by Gasteiger charge is 2.19. The van der Waals surface area contributed by atoms with Crippen molar-refractivity contribution < 1.29 is 0 Å². The lowest BCUT2D eigenvalue weighted by atomic mass is 10.1. The van der Waals surface area contributed by atoms with Gasteiger partial charge in [0.25, 0.3) is 0 Å². The van der Waals surface area contributed by atoms with Crippen molar-refractivity contribution in [3.05, 3.63) is 11.4 Å². The van der Waals surface area contributed by atoms with Gasteiger partial charge in [-0.25, -0.2) is 9.97 Å². The maximum Gasteiger partial charge on any atom is 0.137 e. The van der Waals surface area contributed by atoms with E-state index in [0.717, 1.165) is 36.0 Å². The zero-order valence-electron chi connectivity index (χ0n) is 13.4. The topological polar surface area (TPSA) is 41.1 Å². The van der Waals surface area contributed by atoms with Gasteiger partial charge in [0, 0.05) is 31.1 Å². The van der Waals surface area contributed by atoms with Crippen LogP contribution in [0.25, 0.3) is 0 Å². The zero-order chi connectivity index (χ0) is 14.6.